The van der Waals surface area contributed by atoms with Gasteiger partial charge in [-0.15, -0.1) is 0 Å². The van der Waals surface area contributed by atoms with E-state index in [1.54, 1.807) is 12.1 Å². The minimum Gasteiger partial charge on any atom is -0.465 e. The topological polar surface area (TPSA) is 26.3 Å². The fourth-order valence-electron chi connectivity index (χ4n) is 2.32. The van der Waals surface area contributed by atoms with Crippen molar-refractivity contribution in [3.05, 3.63) is 35.6 Å². The summed E-state index contributed by atoms with van der Waals surface area (Å²) in [5.74, 6) is -0.202. The van der Waals surface area contributed by atoms with E-state index in [9.17, 15) is 9.18 Å². The summed E-state index contributed by atoms with van der Waals surface area (Å²) >= 11 is 0. The Morgan fingerprint density at radius 2 is 2.36 bits per heavy atom. The van der Waals surface area contributed by atoms with Gasteiger partial charge in [-0.25, -0.2) is 4.39 Å². The summed E-state index contributed by atoms with van der Waals surface area (Å²) < 4.78 is 17.9. The van der Waals surface area contributed by atoms with Gasteiger partial charge in [0.1, 0.15) is 5.82 Å². The first-order chi connectivity index (χ1) is 6.73. The molecule has 1 heterocycles. The fraction of sp³-hybridized carbons (Fsp3) is 0.364. The highest BCUT2D eigenvalue weighted by atomic mass is 19.1. The lowest BCUT2D eigenvalue weighted by Crippen LogP contribution is -2.18. The monoisotopic (exact) mass is 192 g/mol. The lowest BCUT2D eigenvalue weighted by atomic mass is 9.95. The Morgan fingerprint density at radius 3 is 2.93 bits per heavy atom. The largest absolute Gasteiger partial charge is 0.465 e. The molecule has 1 aliphatic carbocycles. The maximum Gasteiger partial charge on any atom is 0.317 e. The van der Waals surface area contributed by atoms with Gasteiger partial charge in [0.2, 0.25) is 0 Å². The van der Waals surface area contributed by atoms with Crippen LogP contribution >= 0.6 is 0 Å². The molecule has 2 unspecified atom stereocenters. The molecular weight excluding hydrogens is 183 g/mol. The minimum atomic E-state index is -0.498. The van der Waals surface area contributed by atoms with Crippen LogP contribution in [0.2, 0.25) is 0 Å². The Hall–Kier alpha value is -1.38. The normalized spacial score (nSPS) is 33.8. The van der Waals surface area contributed by atoms with E-state index in [0.717, 1.165) is 12.0 Å². The van der Waals surface area contributed by atoms with Crippen molar-refractivity contribution in [3.8, 4) is 0 Å². The number of rotatable bonds is 1. The Morgan fingerprint density at radius 1 is 1.50 bits per heavy atom. The first-order valence-corrected chi connectivity index (χ1v) is 4.67. The number of esters is 1. The van der Waals surface area contributed by atoms with Crippen LogP contribution in [0.15, 0.2) is 24.3 Å². The second-order valence-electron chi connectivity index (χ2n) is 3.98. The molecule has 1 saturated carbocycles. The van der Waals surface area contributed by atoms with Gasteiger partial charge in [-0.1, -0.05) is 12.1 Å². The van der Waals surface area contributed by atoms with E-state index >= 15 is 0 Å². The summed E-state index contributed by atoms with van der Waals surface area (Å²) in [6.45, 7) is 0.495. The Kier molecular flexibility index (Phi) is 1.34. The van der Waals surface area contributed by atoms with Crippen molar-refractivity contribution in [1.82, 2.24) is 0 Å². The van der Waals surface area contributed by atoms with Crippen LogP contribution in [0.4, 0.5) is 4.39 Å². The number of carbonyl (C=O) groups is 1. The zero-order valence-electron chi connectivity index (χ0n) is 7.50. The van der Waals surface area contributed by atoms with Crippen LogP contribution in [0.25, 0.3) is 0 Å². The average molecular weight is 192 g/mol. The van der Waals surface area contributed by atoms with Crippen molar-refractivity contribution in [3.63, 3.8) is 0 Å². The molecule has 0 N–H and O–H groups in total. The van der Waals surface area contributed by atoms with E-state index in [1.165, 1.54) is 12.1 Å². The van der Waals surface area contributed by atoms with E-state index in [-0.39, 0.29) is 17.7 Å². The molecule has 1 saturated heterocycles. The first kappa shape index (κ1) is 7.97. The van der Waals surface area contributed by atoms with Crippen LogP contribution in [0.1, 0.15) is 12.0 Å². The maximum absolute atomic E-state index is 13.0. The number of hydrogen-bond donors (Lipinski definition) is 0. The number of ether oxygens (including phenoxy) is 1. The van der Waals surface area contributed by atoms with E-state index in [2.05, 4.69) is 0 Å². The van der Waals surface area contributed by atoms with E-state index in [4.69, 9.17) is 4.74 Å². The summed E-state index contributed by atoms with van der Waals surface area (Å²) in [6, 6.07) is 6.26. The van der Waals surface area contributed by atoms with Gasteiger partial charge in [-0.2, -0.15) is 0 Å². The average Bonchev–Trinajstić information content (AvgIpc) is 2.83. The quantitative estimate of drug-likeness (QED) is 0.632. The molecule has 1 aliphatic heterocycles. The minimum absolute atomic E-state index is 0.187. The van der Waals surface area contributed by atoms with E-state index in [0.29, 0.717) is 6.61 Å². The lowest BCUT2D eigenvalue weighted by molar-refractivity contribution is -0.142. The zero-order chi connectivity index (χ0) is 9.76. The van der Waals surface area contributed by atoms with Crippen molar-refractivity contribution in [1.29, 1.82) is 0 Å². The smallest absolute Gasteiger partial charge is 0.317 e. The molecule has 0 bridgehead atoms. The lowest BCUT2D eigenvalue weighted by Gasteiger charge is -2.08. The Bertz CT molecular complexity index is 416. The van der Waals surface area contributed by atoms with Crippen LogP contribution < -0.4 is 0 Å². The van der Waals surface area contributed by atoms with Crippen molar-refractivity contribution in [2.75, 3.05) is 6.61 Å². The van der Waals surface area contributed by atoms with Gasteiger partial charge in [0.15, 0.2) is 0 Å². The van der Waals surface area contributed by atoms with Gasteiger partial charge in [-0.05, 0) is 24.1 Å². The first-order valence-electron chi connectivity index (χ1n) is 4.67. The van der Waals surface area contributed by atoms with Gasteiger partial charge < -0.3 is 4.74 Å². The molecule has 72 valence electrons. The maximum atomic E-state index is 13.0. The number of cyclic esters (lactones) is 1. The second kappa shape index (κ2) is 2.35. The van der Waals surface area contributed by atoms with Crippen LogP contribution in [-0.2, 0) is 14.9 Å². The molecule has 0 amide bonds. The Balaban J connectivity index is 2.08. The van der Waals surface area contributed by atoms with E-state index in [1.807, 2.05) is 0 Å². The number of fused-ring (bicyclic) bond motifs is 1. The third kappa shape index (κ3) is 0.820. The van der Waals surface area contributed by atoms with Crippen LogP contribution in [0.3, 0.4) is 0 Å². The standard InChI is InChI=1S/C11H9FO2/c12-9-3-1-2-7(4-9)11-5-8(11)6-14-10(11)13/h1-4,8H,5-6H2. The zero-order valence-corrected chi connectivity index (χ0v) is 7.50. The van der Waals surface area contributed by atoms with Crippen molar-refractivity contribution in [2.45, 2.75) is 11.8 Å². The van der Waals surface area contributed by atoms with Crippen molar-refractivity contribution >= 4 is 5.97 Å². The third-order valence-electron chi connectivity index (χ3n) is 3.22. The highest BCUT2D eigenvalue weighted by molar-refractivity contribution is 5.89. The number of benzene rings is 1. The Labute approximate surface area is 80.7 Å². The molecule has 1 aromatic rings. The molecular formula is C11H9FO2. The number of halogens is 1. The molecule has 1 aromatic carbocycles. The number of hydrogen-bond acceptors (Lipinski definition) is 2. The van der Waals surface area contributed by atoms with Gasteiger partial charge >= 0.3 is 5.97 Å². The van der Waals surface area contributed by atoms with Gasteiger partial charge in [-0.3, -0.25) is 4.79 Å². The summed E-state index contributed by atoms with van der Waals surface area (Å²) in [5, 5.41) is 0. The van der Waals surface area contributed by atoms with Gasteiger partial charge in [0.25, 0.3) is 0 Å². The predicted molar refractivity (Wildman–Crippen MR) is 47.1 cm³/mol. The molecule has 2 aliphatic rings. The molecule has 3 heteroatoms. The summed E-state index contributed by atoms with van der Waals surface area (Å²) in [5.41, 5.74) is 0.271. The van der Waals surface area contributed by atoms with Crippen LogP contribution in [0.5, 0.6) is 0 Å². The molecule has 0 radical (unpaired) electrons. The van der Waals surface area contributed by atoms with E-state index < -0.39 is 5.41 Å². The number of carbonyl (C=O) groups excluding carboxylic acids is 1. The molecule has 2 nitrogen and oxygen atoms in total. The molecule has 0 spiro atoms. The molecule has 2 atom stereocenters. The van der Waals surface area contributed by atoms with Crippen molar-refractivity contribution in [2.24, 2.45) is 5.92 Å². The van der Waals surface area contributed by atoms with Gasteiger partial charge in [0, 0.05) is 5.92 Å². The van der Waals surface area contributed by atoms with Crippen LogP contribution in [-0.4, -0.2) is 12.6 Å². The molecule has 2 fully saturated rings. The van der Waals surface area contributed by atoms with Crippen LogP contribution in [0, 0.1) is 11.7 Å². The third-order valence-corrected chi connectivity index (χ3v) is 3.22. The molecule has 3 rings (SSSR count). The molecule has 14 heavy (non-hydrogen) atoms. The molecule has 0 aromatic heterocycles. The summed E-state index contributed by atoms with van der Waals surface area (Å²) in [4.78, 5) is 11.5. The fourth-order valence-corrected chi connectivity index (χ4v) is 2.32. The highest BCUT2D eigenvalue weighted by Gasteiger charge is 2.66. The predicted octanol–water partition coefficient (Wildman–Crippen LogP) is 1.64. The highest BCUT2D eigenvalue weighted by Crippen LogP contribution is 2.58. The summed E-state index contributed by atoms with van der Waals surface area (Å²) in [6.07, 6.45) is 0.815. The second-order valence-corrected chi connectivity index (χ2v) is 3.98. The van der Waals surface area contributed by atoms with Crippen molar-refractivity contribution < 1.29 is 13.9 Å². The van der Waals surface area contributed by atoms with Gasteiger partial charge in [0.05, 0.1) is 12.0 Å². The SMILES string of the molecule is O=C1OCC2CC12c1cccc(F)c1. The summed E-state index contributed by atoms with van der Waals surface area (Å²) in [7, 11) is 0.